The SMILES string of the molecule is CCCCOCc1cc(C(=O)Nc2ccccc2C(=O)OC)ccc1OCC. The molecule has 6 heteroatoms. The minimum Gasteiger partial charge on any atom is -0.494 e. The summed E-state index contributed by atoms with van der Waals surface area (Å²) in [5, 5.41) is 2.78. The standard InChI is InChI=1S/C22H27NO5/c1-4-6-13-27-15-17-14-16(11-12-20(17)28-5-2)21(24)23-19-10-8-7-9-18(19)22(25)26-3/h7-12,14H,4-6,13,15H2,1-3H3,(H,23,24). The fraction of sp³-hybridized carbons (Fsp3) is 0.364. The summed E-state index contributed by atoms with van der Waals surface area (Å²) in [5.41, 5.74) is 1.96. The van der Waals surface area contributed by atoms with E-state index in [4.69, 9.17) is 14.2 Å². The van der Waals surface area contributed by atoms with Crippen LogP contribution in [0.5, 0.6) is 5.75 Å². The number of ether oxygens (including phenoxy) is 3. The highest BCUT2D eigenvalue weighted by Crippen LogP contribution is 2.23. The third-order valence-corrected chi connectivity index (χ3v) is 4.10. The molecule has 2 rings (SSSR count). The summed E-state index contributed by atoms with van der Waals surface area (Å²) >= 11 is 0. The van der Waals surface area contributed by atoms with Crippen LogP contribution in [-0.2, 0) is 16.1 Å². The Balaban J connectivity index is 2.20. The van der Waals surface area contributed by atoms with Crippen LogP contribution < -0.4 is 10.1 Å². The average Bonchev–Trinajstić information content (AvgIpc) is 2.72. The quantitative estimate of drug-likeness (QED) is 0.483. The molecule has 0 atom stereocenters. The number of amides is 1. The molecule has 0 aliphatic rings. The summed E-state index contributed by atoms with van der Waals surface area (Å²) in [6.45, 7) is 5.57. The van der Waals surface area contributed by atoms with Gasteiger partial charge in [-0.25, -0.2) is 4.79 Å². The van der Waals surface area contributed by atoms with Crippen molar-refractivity contribution in [2.24, 2.45) is 0 Å². The fourth-order valence-electron chi connectivity index (χ4n) is 2.63. The normalized spacial score (nSPS) is 10.4. The van der Waals surface area contributed by atoms with Crippen LogP contribution in [0.4, 0.5) is 5.69 Å². The van der Waals surface area contributed by atoms with E-state index in [1.807, 2.05) is 6.92 Å². The van der Waals surface area contributed by atoms with Crippen molar-refractivity contribution >= 4 is 17.6 Å². The van der Waals surface area contributed by atoms with Crippen molar-refractivity contribution in [1.82, 2.24) is 0 Å². The van der Waals surface area contributed by atoms with Gasteiger partial charge in [-0.15, -0.1) is 0 Å². The van der Waals surface area contributed by atoms with Gasteiger partial charge >= 0.3 is 5.97 Å². The van der Waals surface area contributed by atoms with Gasteiger partial charge in [0.05, 0.1) is 31.6 Å². The molecule has 2 aromatic carbocycles. The van der Waals surface area contributed by atoms with Crippen LogP contribution >= 0.6 is 0 Å². The molecule has 0 saturated heterocycles. The predicted molar refractivity (Wildman–Crippen MR) is 108 cm³/mol. The third kappa shape index (κ3) is 5.82. The molecule has 6 nitrogen and oxygen atoms in total. The zero-order valence-electron chi connectivity index (χ0n) is 16.6. The topological polar surface area (TPSA) is 73.9 Å². The molecule has 0 heterocycles. The predicted octanol–water partition coefficient (Wildman–Crippen LogP) is 4.44. The van der Waals surface area contributed by atoms with Crippen LogP contribution in [0, 0.1) is 0 Å². The molecule has 0 radical (unpaired) electrons. The van der Waals surface area contributed by atoms with Crippen LogP contribution in [-0.4, -0.2) is 32.2 Å². The van der Waals surface area contributed by atoms with Gasteiger partial charge in [0.25, 0.3) is 5.91 Å². The van der Waals surface area contributed by atoms with E-state index in [-0.39, 0.29) is 5.91 Å². The maximum atomic E-state index is 12.7. The summed E-state index contributed by atoms with van der Waals surface area (Å²) in [4.78, 5) is 24.6. The minimum absolute atomic E-state index is 0.299. The number of esters is 1. The van der Waals surface area contributed by atoms with Crippen molar-refractivity contribution in [3.8, 4) is 5.75 Å². The van der Waals surface area contributed by atoms with Gasteiger partial charge in [-0.2, -0.15) is 0 Å². The van der Waals surface area contributed by atoms with Gasteiger partial charge in [-0.3, -0.25) is 4.79 Å². The van der Waals surface area contributed by atoms with Crippen molar-refractivity contribution in [2.75, 3.05) is 25.6 Å². The van der Waals surface area contributed by atoms with Crippen molar-refractivity contribution in [1.29, 1.82) is 0 Å². The highest BCUT2D eigenvalue weighted by molar-refractivity contribution is 6.08. The number of methoxy groups -OCH3 is 1. The maximum absolute atomic E-state index is 12.7. The van der Waals surface area contributed by atoms with Crippen LogP contribution in [0.1, 0.15) is 53.0 Å². The highest BCUT2D eigenvalue weighted by atomic mass is 16.5. The van der Waals surface area contributed by atoms with E-state index in [1.165, 1.54) is 7.11 Å². The number of carbonyl (C=O) groups is 2. The van der Waals surface area contributed by atoms with Crippen molar-refractivity contribution < 1.29 is 23.8 Å². The van der Waals surface area contributed by atoms with Gasteiger partial charge in [0.15, 0.2) is 0 Å². The second-order valence-electron chi connectivity index (χ2n) is 6.15. The van der Waals surface area contributed by atoms with Gasteiger partial charge in [0, 0.05) is 17.7 Å². The van der Waals surface area contributed by atoms with E-state index < -0.39 is 5.97 Å². The van der Waals surface area contributed by atoms with Crippen LogP contribution in [0.25, 0.3) is 0 Å². The number of rotatable bonds is 10. The van der Waals surface area contributed by atoms with E-state index in [9.17, 15) is 9.59 Å². The summed E-state index contributed by atoms with van der Waals surface area (Å²) in [7, 11) is 1.30. The minimum atomic E-state index is -0.507. The van der Waals surface area contributed by atoms with Gasteiger partial charge in [-0.1, -0.05) is 25.5 Å². The molecule has 0 saturated carbocycles. The fourth-order valence-corrected chi connectivity index (χ4v) is 2.63. The first-order valence-electron chi connectivity index (χ1n) is 9.42. The molecular weight excluding hydrogens is 358 g/mol. The van der Waals surface area contributed by atoms with E-state index in [1.54, 1.807) is 42.5 Å². The number of hydrogen-bond acceptors (Lipinski definition) is 5. The Morgan fingerprint density at radius 2 is 1.86 bits per heavy atom. The Labute approximate surface area is 165 Å². The molecule has 0 unspecified atom stereocenters. The zero-order chi connectivity index (χ0) is 20.4. The largest absolute Gasteiger partial charge is 0.494 e. The molecule has 28 heavy (non-hydrogen) atoms. The van der Waals surface area contributed by atoms with Gasteiger partial charge < -0.3 is 19.5 Å². The van der Waals surface area contributed by atoms with E-state index in [2.05, 4.69) is 12.2 Å². The van der Waals surface area contributed by atoms with Crippen LogP contribution in [0.15, 0.2) is 42.5 Å². The first-order chi connectivity index (χ1) is 13.6. The lowest BCUT2D eigenvalue weighted by Gasteiger charge is -2.14. The van der Waals surface area contributed by atoms with Gasteiger partial charge in [-0.05, 0) is 43.7 Å². The maximum Gasteiger partial charge on any atom is 0.339 e. The monoisotopic (exact) mass is 385 g/mol. The molecular formula is C22H27NO5. The molecule has 1 N–H and O–H groups in total. The molecule has 0 bridgehead atoms. The Morgan fingerprint density at radius 3 is 2.57 bits per heavy atom. The molecule has 1 amide bonds. The first kappa shape index (κ1) is 21.4. The van der Waals surface area contributed by atoms with Crippen molar-refractivity contribution in [3.63, 3.8) is 0 Å². The zero-order valence-corrected chi connectivity index (χ0v) is 16.6. The number of carbonyl (C=O) groups excluding carboxylic acids is 2. The van der Waals surface area contributed by atoms with Crippen molar-refractivity contribution in [2.45, 2.75) is 33.3 Å². The Kier molecular flexibility index (Phi) is 8.49. The molecule has 0 spiro atoms. The highest BCUT2D eigenvalue weighted by Gasteiger charge is 2.16. The Morgan fingerprint density at radius 1 is 1.07 bits per heavy atom. The number of anilines is 1. The van der Waals surface area contributed by atoms with E-state index in [0.717, 1.165) is 18.4 Å². The summed E-state index contributed by atoms with van der Waals surface area (Å²) in [6, 6.07) is 11.9. The summed E-state index contributed by atoms with van der Waals surface area (Å²) < 4.78 is 16.1. The van der Waals surface area contributed by atoms with Gasteiger partial charge in [0.2, 0.25) is 0 Å². The molecule has 0 aromatic heterocycles. The summed E-state index contributed by atoms with van der Waals surface area (Å²) in [6.07, 6.45) is 2.04. The molecule has 0 fully saturated rings. The van der Waals surface area contributed by atoms with E-state index >= 15 is 0 Å². The number of unbranched alkanes of at least 4 members (excludes halogenated alkanes) is 1. The lowest BCUT2D eigenvalue weighted by Crippen LogP contribution is -2.16. The third-order valence-electron chi connectivity index (χ3n) is 4.10. The first-order valence-corrected chi connectivity index (χ1v) is 9.42. The molecule has 0 aliphatic heterocycles. The lowest BCUT2D eigenvalue weighted by molar-refractivity contribution is 0.0602. The average molecular weight is 385 g/mol. The van der Waals surface area contributed by atoms with E-state index in [0.29, 0.717) is 42.4 Å². The summed E-state index contributed by atoms with van der Waals surface area (Å²) in [5.74, 6) is -0.132. The molecule has 2 aromatic rings. The number of hydrogen-bond donors (Lipinski definition) is 1. The second kappa shape index (κ2) is 11.1. The lowest BCUT2D eigenvalue weighted by atomic mass is 10.1. The van der Waals surface area contributed by atoms with Crippen molar-refractivity contribution in [3.05, 3.63) is 59.2 Å². The van der Waals surface area contributed by atoms with Gasteiger partial charge in [0.1, 0.15) is 5.75 Å². The number of nitrogens with one attached hydrogen (secondary N) is 1. The number of benzene rings is 2. The number of para-hydroxylation sites is 1. The molecule has 150 valence electrons. The second-order valence-corrected chi connectivity index (χ2v) is 6.15. The van der Waals surface area contributed by atoms with Crippen LogP contribution in [0.2, 0.25) is 0 Å². The molecule has 0 aliphatic carbocycles. The Hall–Kier alpha value is -2.86. The Bertz CT molecular complexity index is 803. The smallest absolute Gasteiger partial charge is 0.339 e. The van der Waals surface area contributed by atoms with Crippen LogP contribution in [0.3, 0.4) is 0 Å².